The van der Waals surface area contributed by atoms with E-state index in [0.29, 0.717) is 11.4 Å². The Bertz CT molecular complexity index is 1070. The lowest BCUT2D eigenvalue weighted by Gasteiger charge is -2.33. The quantitative estimate of drug-likeness (QED) is 0.603. The fraction of sp³-hybridized carbons (Fsp3) is 0.375. The number of pyridine rings is 1. The monoisotopic (exact) mass is 449 g/mol. The molecule has 166 valence electrons. The fourth-order valence-electron chi connectivity index (χ4n) is 4.27. The highest BCUT2D eigenvalue weighted by atomic mass is 32.1. The highest BCUT2D eigenvalue weighted by Crippen LogP contribution is 2.32. The molecular weight excluding hydrogens is 422 g/mol. The maximum absolute atomic E-state index is 13.7. The van der Waals surface area contributed by atoms with E-state index < -0.39 is 6.04 Å². The number of benzene rings is 1. The molecule has 0 radical (unpaired) electrons. The van der Waals surface area contributed by atoms with Crippen molar-refractivity contribution in [2.45, 2.75) is 58.0 Å². The smallest absolute Gasteiger partial charge is 0.280 e. The molecule has 1 N–H and O–H groups in total. The predicted octanol–water partition coefficient (Wildman–Crippen LogP) is 4.39. The van der Waals surface area contributed by atoms with Gasteiger partial charge in [-0.25, -0.2) is 0 Å². The summed E-state index contributed by atoms with van der Waals surface area (Å²) in [6, 6.07) is 10.4. The fourth-order valence-corrected chi connectivity index (χ4v) is 4.70. The van der Waals surface area contributed by atoms with E-state index in [1.807, 2.05) is 38.1 Å². The van der Waals surface area contributed by atoms with Crippen LogP contribution in [0.25, 0.3) is 0 Å². The Morgan fingerprint density at radius 1 is 1.12 bits per heavy atom. The minimum absolute atomic E-state index is 0.111. The molecule has 0 spiro atoms. The van der Waals surface area contributed by atoms with E-state index in [1.165, 1.54) is 11.3 Å². The van der Waals surface area contributed by atoms with Crippen LogP contribution in [-0.4, -0.2) is 32.4 Å². The average Bonchev–Trinajstić information content (AvgIpc) is 3.34. The summed E-state index contributed by atoms with van der Waals surface area (Å²) in [7, 11) is 0. The number of amides is 2. The summed E-state index contributed by atoms with van der Waals surface area (Å²) in [6.45, 7) is 3.94. The lowest BCUT2D eigenvalue weighted by Crippen LogP contribution is -2.48. The molecule has 7 nitrogen and oxygen atoms in total. The van der Waals surface area contributed by atoms with Gasteiger partial charge in [0.1, 0.15) is 0 Å². The minimum atomic E-state index is -0.922. The van der Waals surface area contributed by atoms with E-state index in [9.17, 15) is 9.59 Å². The van der Waals surface area contributed by atoms with Crippen molar-refractivity contribution in [2.24, 2.45) is 0 Å². The van der Waals surface area contributed by atoms with Crippen molar-refractivity contribution in [1.29, 1.82) is 0 Å². The molecule has 1 aromatic carbocycles. The number of carbonyl (C=O) groups is 2. The van der Waals surface area contributed by atoms with Crippen LogP contribution >= 0.6 is 11.5 Å². The molecule has 0 saturated heterocycles. The van der Waals surface area contributed by atoms with E-state index >= 15 is 0 Å². The molecule has 0 aliphatic heterocycles. The molecule has 3 aromatic rings. The summed E-state index contributed by atoms with van der Waals surface area (Å²) in [6.07, 6.45) is 6.94. The minimum Gasteiger partial charge on any atom is -0.351 e. The summed E-state index contributed by atoms with van der Waals surface area (Å²) in [4.78, 5) is 33.4. The lowest BCUT2D eigenvalue weighted by atomic mass is 9.95. The molecule has 1 aliphatic rings. The SMILES string of the molecule is Cc1ccc(N(C(=O)c2csnn2)[C@@H](C(=O)NC2CCCCC2)c2ccccn2)c(C)c1. The number of aromatic nitrogens is 3. The first kappa shape index (κ1) is 22.1. The van der Waals surface area contributed by atoms with Crippen molar-refractivity contribution in [3.05, 3.63) is 70.5 Å². The molecule has 1 aliphatic carbocycles. The van der Waals surface area contributed by atoms with Gasteiger partial charge in [-0.15, -0.1) is 5.10 Å². The van der Waals surface area contributed by atoms with Crippen LogP contribution in [0, 0.1) is 13.8 Å². The molecule has 1 saturated carbocycles. The summed E-state index contributed by atoms with van der Waals surface area (Å²) in [5, 5.41) is 8.78. The van der Waals surface area contributed by atoms with Crippen LogP contribution in [0.15, 0.2) is 48.0 Å². The van der Waals surface area contributed by atoms with Gasteiger partial charge < -0.3 is 5.32 Å². The second-order valence-electron chi connectivity index (χ2n) is 8.26. The Labute approximate surface area is 192 Å². The summed E-state index contributed by atoms with van der Waals surface area (Å²) in [5.74, 6) is -0.604. The molecular formula is C24H27N5O2S. The number of aryl methyl sites for hydroxylation is 2. The Hall–Kier alpha value is -3.13. The van der Waals surface area contributed by atoms with Gasteiger partial charge in [0.2, 0.25) is 5.91 Å². The van der Waals surface area contributed by atoms with Gasteiger partial charge in [-0.3, -0.25) is 19.5 Å². The number of carbonyl (C=O) groups excluding carboxylic acids is 2. The molecule has 2 amide bonds. The molecule has 2 aromatic heterocycles. The van der Waals surface area contributed by atoms with E-state index in [1.54, 1.807) is 23.7 Å². The van der Waals surface area contributed by atoms with Crippen LogP contribution < -0.4 is 10.2 Å². The normalized spacial score (nSPS) is 15.2. The Morgan fingerprint density at radius 2 is 1.94 bits per heavy atom. The van der Waals surface area contributed by atoms with Gasteiger partial charge in [0, 0.05) is 23.3 Å². The van der Waals surface area contributed by atoms with Crippen molar-refractivity contribution in [3.8, 4) is 0 Å². The molecule has 1 atom stereocenters. The number of nitrogens with one attached hydrogen (secondary N) is 1. The van der Waals surface area contributed by atoms with Crippen LogP contribution in [-0.2, 0) is 4.79 Å². The largest absolute Gasteiger partial charge is 0.351 e. The third-order valence-corrected chi connectivity index (χ3v) is 6.34. The molecule has 8 heteroatoms. The van der Waals surface area contributed by atoms with E-state index in [4.69, 9.17) is 0 Å². The van der Waals surface area contributed by atoms with Crippen LogP contribution in [0.3, 0.4) is 0 Å². The van der Waals surface area contributed by atoms with E-state index in [-0.39, 0.29) is 23.6 Å². The molecule has 32 heavy (non-hydrogen) atoms. The maximum atomic E-state index is 13.7. The van der Waals surface area contributed by atoms with Crippen molar-refractivity contribution in [3.63, 3.8) is 0 Å². The van der Waals surface area contributed by atoms with E-state index in [0.717, 1.165) is 48.3 Å². The summed E-state index contributed by atoms with van der Waals surface area (Å²) < 4.78 is 3.85. The predicted molar refractivity (Wildman–Crippen MR) is 125 cm³/mol. The van der Waals surface area contributed by atoms with Crippen LogP contribution in [0.2, 0.25) is 0 Å². The Morgan fingerprint density at radius 3 is 2.59 bits per heavy atom. The zero-order chi connectivity index (χ0) is 22.5. The zero-order valence-corrected chi connectivity index (χ0v) is 19.1. The third kappa shape index (κ3) is 4.85. The number of hydrogen-bond donors (Lipinski definition) is 1. The molecule has 0 bridgehead atoms. The number of hydrogen-bond acceptors (Lipinski definition) is 6. The molecule has 2 heterocycles. The number of nitrogens with zero attached hydrogens (tertiary/aromatic N) is 4. The highest BCUT2D eigenvalue weighted by Gasteiger charge is 2.37. The second kappa shape index (κ2) is 9.99. The first-order valence-corrected chi connectivity index (χ1v) is 11.8. The average molecular weight is 450 g/mol. The van der Waals surface area contributed by atoms with E-state index in [2.05, 4.69) is 19.9 Å². The van der Waals surface area contributed by atoms with Crippen LogP contribution in [0.1, 0.15) is 65.5 Å². The van der Waals surface area contributed by atoms with Gasteiger partial charge in [0.15, 0.2) is 11.7 Å². The second-order valence-corrected chi connectivity index (χ2v) is 8.87. The summed E-state index contributed by atoms with van der Waals surface area (Å²) >= 11 is 1.11. The highest BCUT2D eigenvalue weighted by molar-refractivity contribution is 7.03. The molecule has 0 unspecified atom stereocenters. The third-order valence-electron chi connectivity index (χ3n) is 5.84. The Kier molecular flexibility index (Phi) is 6.90. The summed E-state index contributed by atoms with van der Waals surface area (Å²) in [5.41, 5.74) is 3.35. The standard InChI is InChI=1S/C24H27N5O2S/c1-16-11-12-21(17(2)14-16)29(24(31)20-15-32-28-27-20)22(19-10-6-7-13-25-19)23(30)26-18-8-4-3-5-9-18/h6-7,10-15,18,22H,3-5,8-9H2,1-2H3,(H,26,30)/t22-/m1/s1. The first-order valence-electron chi connectivity index (χ1n) is 10.9. The van der Waals surface area contributed by atoms with Crippen molar-refractivity contribution < 1.29 is 9.59 Å². The molecule has 4 rings (SSSR count). The van der Waals surface area contributed by atoms with Crippen molar-refractivity contribution in [2.75, 3.05) is 4.90 Å². The van der Waals surface area contributed by atoms with Gasteiger partial charge in [-0.1, -0.05) is 47.5 Å². The van der Waals surface area contributed by atoms with Crippen molar-refractivity contribution >= 4 is 29.0 Å². The van der Waals surface area contributed by atoms with Gasteiger partial charge in [0.05, 0.1) is 5.69 Å². The molecule has 1 fully saturated rings. The number of anilines is 1. The van der Waals surface area contributed by atoms with Gasteiger partial charge in [0.25, 0.3) is 5.91 Å². The Balaban J connectivity index is 1.80. The van der Waals surface area contributed by atoms with Crippen LogP contribution in [0.5, 0.6) is 0 Å². The maximum Gasteiger partial charge on any atom is 0.280 e. The van der Waals surface area contributed by atoms with Gasteiger partial charge >= 0.3 is 0 Å². The van der Waals surface area contributed by atoms with Gasteiger partial charge in [-0.05, 0) is 62.0 Å². The first-order chi connectivity index (χ1) is 15.5. The van der Waals surface area contributed by atoms with Crippen LogP contribution in [0.4, 0.5) is 5.69 Å². The number of rotatable bonds is 6. The lowest BCUT2D eigenvalue weighted by molar-refractivity contribution is -0.123. The zero-order valence-electron chi connectivity index (χ0n) is 18.3. The topological polar surface area (TPSA) is 88.1 Å². The van der Waals surface area contributed by atoms with Gasteiger partial charge in [-0.2, -0.15) is 0 Å². The van der Waals surface area contributed by atoms with Crippen molar-refractivity contribution in [1.82, 2.24) is 19.9 Å².